The first-order chi connectivity index (χ1) is 17.8. The molecule has 2 saturated heterocycles. The maximum Gasteiger partial charge on any atom is 0.145 e. The summed E-state index contributed by atoms with van der Waals surface area (Å²) in [6, 6.07) is 6.55. The van der Waals surface area contributed by atoms with Crippen molar-refractivity contribution in [3.05, 3.63) is 63.2 Å². The van der Waals surface area contributed by atoms with E-state index in [1.165, 1.54) is 22.6 Å². The Morgan fingerprint density at radius 2 is 1.86 bits per heavy atom. The molecule has 0 saturated carbocycles. The van der Waals surface area contributed by atoms with Crippen molar-refractivity contribution in [1.82, 2.24) is 15.0 Å². The second kappa shape index (κ2) is 11.3. The Bertz CT molecular complexity index is 1270. The first kappa shape index (κ1) is 27.0. The van der Waals surface area contributed by atoms with Crippen LogP contribution in [0.5, 0.6) is 0 Å². The summed E-state index contributed by atoms with van der Waals surface area (Å²) in [4.78, 5) is 0.731. The van der Waals surface area contributed by atoms with E-state index < -0.39 is 52.6 Å². The minimum absolute atomic E-state index is 0.0158. The second-order valence-corrected chi connectivity index (χ2v) is 10.8. The lowest BCUT2D eigenvalue weighted by Gasteiger charge is -2.43. The third-order valence-corrected chi connectivity index (χ3v) is 8.27. The van der Waals surface area contributed by atoms with Gasteiger partial charge in [-0.05, 0) is 30.3 Å². The lowest BCUT2D eigenvalue weighted by Crippen LogP contribution is -2.55. The number of nitrogens with zero attached hydrogens (tertiary/aromatic N) is 3. The smallest absolute Gasteiger partial charge is 0.145 e. The molecule has 4 unspecified atom stereocenters. The van der Waals surface area contributed by atoms with E-state index >= 15 is 0 Å². The van der Waals surface area contributed by atoms with Crippen LogP contribution in [-0.4, -0.2) is 74.9 Å². The first-order valence-corrected chi connectivity index (χ1v) is 13.1. The molecule has 14 heteroatoms. The molecule has 0 spiro atoms. The second-order valence-electron chi connectivity index (χ2n) is 8.42. The number of aliphatic hydroxyl groups is 2. The van der Waals surface area contributed by atoms with E-state index in [0.29, 0.717) is 10.0 Å². The van der Waals surface area contributed by atoms with Gasteiger partial charge < -0.3 is 24.4 Å². The number of ether oxygens (including phenoxy) is 3. The van der Waals surface area contributed by atoms with Crippen molar-refractivity contribution in [2.45, 2.75) is 40.8 Å². The van der Waals surface area contributed by atoms with Gasteiger partial charge in [-0.15, -0.1) is 5.10 Å². The van der Waals surface area contributed by atoms with Gasteiger partial charge in [0.05, 0.1) is 36.1 Å². The quantitative estimate of drug-likeness (QED) is 0.389. The topological polar surface area (TPSA) is 98.9 Å². The highest BCUT2D eigenvalue weighted by Crippen LogP contribution is 2.44. The number of aromatic nitrogens is 3. The summed E-state index contributed by atoms with van der Waals surface area (Å²) in [6.07, 6.45) is -1.56. The summed E-state index contributed by atoms with van der Waals surface area (Å²) in [6.45, 7) is -0.243. The molecule has 0 bridgehead atoms. The van der Waals surface area contributed by atoms with Crippen LogP contribution in [0, 0.1) is 11.6 Å². The predicted molar refractivity (Wildman–Crippen MR) is 133 cm³/mol. The van der Waals surface area contributed by atoms with E-state index in [2.05, 4.69) is 10.3 Å². The zero-order valence-corrected chi connectivity index (χ0v) is 21.9. The van der Waals surface area contributed by atoms with Gasteiger partial charge in [0, 0.05) is 10.5 Å². The molecule has 2 aliphatic heterocycles. The number of aliphatic hydroxyl groups excluding tert-OH is 2. The molecule has 8 nitrogen and oxygen atoms in total. The van der Waals surface area contributed by atoms with Crippen molar-refractivity contribution in [3.63, 3.8) is 0 Å². The Hall–Kier alpha value is -1.54. The van der Waals surface area contributed by atoms with Crippen LogP contribution in [0.25, 0.3) is 11.3 Å². The van der Waals surface area contributed by atoms with Gasteiger partial charge in [-0.2, -0.15) is 0 Å². The molecular weight excluding hydrogens is 575 g/mol. The highest BCUT2D eigenvalue weighted by Gasteiger charge is 2.54. The van der Waals surface area contributed by atoms with E-state index in [1.54, 1.807) is 18.2 Å². The largest absolute Gasteiger partial charge is 0.394 e. The van der Waals surface area contributed by atoms with E-state index in [1.807, 2.05) is 0 Å². The molecule has 3 aromatic rings. The van der Waals surface area contributed by atoms with Crippen LogP contribution in [0.15, 0.2) is 41.4 Å². The predicted octanol–water partition coefficient (Wildman–Crippen LogP) is 4.38. The fourth-order valence-corrected chi connectivity index (χ4v) is 5.99. The zero-order valence-electron chi connectivity index (χ0n) is 18.8. The normalized spacial score (nSPS) is 27.4. The zero-order chi connectivity index (χ0) is 26.3. The van der Waals surface area contributed by atoms with Gasteiger partial charge in [-0.25, -0.2) is 13.5 Å². The van der Waals surface area contributed by atoms with Crippen LogP contribution in [-0.2, 0) is 14.2 Å². The van der Waals surface area contributed by atoms with Crippen LogP contribution in [0.2, 0.25) is 15.1 Å². The summed E-state index contributed by atoms with van der Waals surface area (Å²) in [5.41, 5.74) is -0.369. The lowest BCUT2D eigenvalue weighted by atomic mass is 9.95. The molecule has 37 heavy (non-hydrogen) atoms. The molecule has 3 heterocycles. The van der Waals surface area contributed by atoms with Crippen LogP contribution in [0.1, 0.15) is 6.04 Å². The Morgan fingerprint density at radius 1 is 1.11 bits per heavy atom. The van der Waals surface area contributed by atoms with Gasteiger partial charge in [0.15, 0.2) is 0 Å². The summed E-state index contributed by atoms with van der Waals surface area (Å²) in [7, 11) is 0. The van der Waals surface area contributed by atoms with Crippen molar-refractivity contribution in [2.75, 3.05) is 19.8 Å². The molecule has 0 aliphatic carbocycles. The monoisotopic (exact) mass is 593 g/mol. The highest BCUT2D eigenvalue weighted by atomic mass is 35.5. The molecule has 5 rings (SSSR count). The van der Waals surface area contributed by atoms with E-state index in [9.17, 15) is 19.0 Å². The van der Waals surface area contributed by atoms with Crippen molar-refractivity contribution in [2.24, 2.45) is 0 Å². The van der Waals surface area contributed by atoms with Gasteiger partial charge in [-0.3, -0.25) is 0 Å². The highest BCUT2D eigenvalue weighted by molar-refractivity contribution is 7.99. The van der Waals surface area contributed by atoms with Crippen molar-refractivity contribution in [1.29, 1.82) is 0 Å². The third-order valence-electron chi connectivity index (χ3n) is 6.04. The SMILES string of the molecule is OCCOC1C(n2cc(-c3cc(F)c(Cl)c(F)c3)nn2)[C@H]2OCC(O)C2O[C@@H]1Sc1ccc(Cl)c(Cl)c1. The number of halogens is 5. The molecule has 2 aliphatic rings. The fraction of sp³-hybridized carbons (Fsp3) is 0.391. The number of fused-ring (bicyclic) bond motifs is 1. The van der Waals surface area contributed by atoms with Crippen molar-refractivity contribution < 1.29 is 33.2 Å². The third kappa shape index (κ3) is 5.47. The van der Waals surface area contributed by atoms with Crippen molar-refractivity contribution in [3.8, 4) is 11.3 Å². The number of rotatable bonds is 7. The fourth-order valence-electron chi connectivity index (χ4n) is 4.36. The van der Waals surface area contributed by atoms with Crippen LogP contribution >= 0.6 is 46.6 Å². The average Bonchev–Trinajstić information content (AvgIpc) is 3.50. The standard InChI is InChI=1S/C23H20Cl3F2N3O5S/c24-12-2-1-11(7-13(12)25)37-23-22(34-4-3-32)19(21-20(36-23)17(33)9-35-21)31-8-16(29-30-31)10-5-14(27)18(26)15(28)6-10/h1-2,5-8,17,19-23,32-33H,3-4,9H2/t17?,19?,20?,21-,22?,23-/m1/s1. The molecule has 0 amide bonds. The molecule has 2 N–H and O–H groups in total. The van der Waals surface area contributed by atoms with Gasteiger partial charge in [0.1, 0.15) is 58.2 Å². The molecule has 2 fully saturated rings. The van der Waals surface area contributed by atoms with E-state index in [-0.39, 0.29) is 31.1 Å². The number of hydrogen-bond acceptors (Lipinski definition) is 8. The summed E-state index contributed by atoms with van der Waals surface area (Å²) in [5, 5.41) is 28.4. The van der Waals surface area contributed by atoms with Crippen LogP contribution in [0.4, 0.5) is 8.78 Å². The summed E-state index contributed by atoms with van der Waals surface area (Å²) >= 11 is 19.1. The minimum atomic E-state index is -0.929. The average molecular weight is 595 g/mol. The summed E-state index contributed by atoms with van der Waals surface area (Å²) < 4.78 is 47.7. The van der Waals surface area contributed by atoms with Gasteiger partial charge >= 0.3 is 0 Å². The minimum Gasteiger partial charge on any atom is -0.394 e. The van der Waals surface area contributed by atoms with E-state index in [4.69, 9.17) is 49.0 Å². The van der Waals surface area contributed by atoms with Gasteiger partial charge in [-0.1, -0.05) is 51.8 Å². The Morgan fingerprint density at radius 3 is 2.57 bits per heavy atom. The molecular formula is C23H20Cl3F2N3O5S. The van der Waals surface area contributed by atoms with Crippen molar-refractivity contribution >= 4 is 46.6 Å². The number of thioether (sulfide) groups is 1. The molecule has 0 radical (unpaired) electrons. The van der Waals surface area contributed by atoms with Gasteiger partial charge in [0.2, 0.25) is 0 Å². The van der Waals surface area contributed by atoms with Crippen LogP contribution < -0.4 is 0 Å². The lowest BCUT2D eigenvalue weighted by molar-refractivity contribution is -0.180. The first-order valence-electron chi connectivity index (χ1n) is 11.1. The number of benzene rings is 2. The Labute approximate surface area is 229 Å². The summed E-state index contributed by atoms with van der Waals surface area (Å²) in [5.74, 6) is -1.86. The maximum absolute atomic E-state index is 14.1. The number of hydrogen-bond donors (Lipinski definition) is 2. The Kier molecular flexibility index (Phi) is 8.25. The molecule has 2 aromatic carbocycles. The van der Waals surface area contributed by atoms with E-state index in [0.717, 1.165) is 17.0 Å². The molecule has 198 valence electrons. The van der Waals surface area contributed by atoms with Crippen LogP contribution in [0.3, 0.4) is 0 Å². The molecule has 1 aromatic heterocycles. The van der Waals surface area contributed by atoms with Gasteiger partial charge in [0.25, 0.3) is 0 Å². The molecule has 6 atom stereocenters. The Balaban J connectivity index is 1.51. The maximum atomic E-state index is 14.1.